The van der Waals surface area contributed by atoms with Crippen LogP contribution < -0.4 is 10.6 Å². The molecule has 0 aliphatic carbocycles. The zero-order valence-corrected chi connectivity index (χ0v) is 19.2. The normalized spacial score (nSPS) is 10.7. The molecule has 1 aromatic heterocycles. The molecule has 1 heterocycles. The van der Waals surface area contributed by atoms with E-state index in [1.54, 1.807) is 31.2 Å². The summed E-state index contributed by atoms with van der Waals surface area (Å²) in [6.07, 6.45) is 1.72. The third-order valence-electron chi connectivity index (χ3n) is 5.49. The Labute approximate surface area is 198 Å². The van der Waals surface area contributed by atoms with Gasteiger partial charge < -0.3 is 19.9 Å². The molecule has 3 aromatic carbocycles. The Morgan fingerprint density at radius 2 is 1.65 bits per heavy atom. The molecule has 0 aliphatic heterocycles. The van der Waals surface area contributed by atoms with E-state index in [2.05, 4.69) is 33.4 Å². The van der Waals surface area contributed by atoms with Crippen molar-refractivity contribution < 1.29 is 14.3 Å². The second kappa shape index (κ2) is 11.1. The molecule has 2 amide bonds. The van der Waals surface area contributed by atoms with Crippen LogP contribution in [0.25, 0.3) is 11.0 Å². The third-order valence-corrected chi connectivity index (χ3v) is 5.49. The van der Waals surface area contributed by atoms with E-state index in [0.717, 1.165) is 29.7 Å². The number of hydrogen-bond acceptors (Lipinski definition) is 4. The number of fused-ring (bicyclic) bond motifs is 1. The van der Waals surface area contributed by atoms with Crippen molar-refractivity contribution in [2.24, 2.45) is 0 Å². The van der Waals surface area contributed by atoms with Crippen LogP contribution in [-0.4, -0.2) is 34.7 Å². The van der Waals surface area contributed by atoms with Gasteiger partial charge in [0.2, 0.25) is 0 Å². The molecular formula is C27H28N4O3. The van der Waals surface area contributed by atoms with Crippen molar-refractivity contribution in [2.75, 3.05) is 18.5 Å². The minimum Gasteiger partial charge on any atom is -0.462 e. The van der Waals surface area contributed by atoms with Crippen molar-refractivity contribution in [3.05, 3.63) is 95.8 Å². The molecule has 0 radical (unpaired) electrons. The molecule has 0 fully saturated rings. The molecule has 0 saturated heterocycles. The first kappa shape index (κ1) is 23.0. The molecule has 0 aliphatic rings. The lowest BCUT2D eigenvalue weighted by atomic mass is 10.1. The maximum Gasteiger partial charge on any atom is 0.338 e. The minimum atomic E-state index is -0.380. The van der Waals surface area contributed by atoms with E-state index < -0.39 is 0 Å². The van der Waals surface area contributed by atoms with Gasteiger partial charge in [0, 0.05) is 25.2 Å². The van der Waals surface area contributed by atoms with E-state index in [1.165, 1.54) is 5.56 Å². The number of esters is 1. The van der Waals surface area contributed by atoms with Crippen molar-refractivity contribution in [2.45, 2.75) is 26.3 Å². The van der Waals surface area contributed by atoms with Crippen LogP contribution in [0.4, 0.5) is 10.5 Å². The summed E-state index contributed by atoms with van der Waals surface area (Å²) in [5.41, 5.74) is 4.33. The Morgan fingerprint density at radius 1 is 0.912 bits per heavy atom. The number of hydrogen-bond donors (Lipinski definition) is 2. The number of aryl methyl sites for hydroxylation is 2. The maximum absolute atomic E-state index is 12.4. The summed E-state index contributed by atoms with van der Waals surface area (Å²) >= 11 is 0. The van der Waals surface area contributed by atoms with Crippen LogP contribution in [0.2, 0.25) is 0 Å². The van der Waals surface area contributed by atoms with Crippen molar-refractivity contribution in [1.29, 1.82) is 0 Å². The molecule has 0 atom stereocenters. The van der Waals surface area contributed by atoms with Gasteiger partial charge >= 0.3 is 12.0 Å². The van der Waals surface area contributed by atoms with Gasteiger partial charge in [0.1, 0.15) is 5.82 Å². The van der Waals surface area contributed by atoms with Crippen LogP contribution in [0.15, 0.2) is 78.9 Å². The van der Waals surface area contributed by atoms with E-state index in [1.807, 2.05) is 36.4 Å². The summed E-state index contributed by atoms with van der Waals surface area (Å²) in [5.74, 6) is 0.621. The number of nitrogens with one attached hydrogen (secondary N) is 2. The second-order valence-corrected chi connectivity index (χ2v) is 7.83. The van der Waals surface area contributed by atoms with Crippen LogP contribution in [0.3, 0.4) is 0 Å². The number of urea groups is 1. The lowest BCUT2D eigenvalue weighted by Crippen LogP contribution is -2.31. The molecule has 0 bridgehead atoms. The fourth-order valence-corrected chi connectivity index (χ4v) is 3.83. The topological polar surface area (TPSA) is 85.2 Å². The van der Waals surface area contributed by atoms with Gasteiger partial charge in [-0.05, 0) is 55.3 Å². The van der Waals surface area contributed by atoms with Crippen molar-refractivity contribution in [3.8, 4) is 0 Å². The number of rotatable bonds is 9. The Hall–Kier alpha value is -4.13. The fraction of sp³-hybridized carbons (Fsp3) is 0.222. The summed E-state index contributed by atoms with van der Waals surface area (Å²) < 4.78 is 7.15. The van der Waals surface area contributed by atoms with E-state index in [-0.39, 0.29) is 12.0 Å². The standard InChI is InChI=1S/C27H28N4O3/c1-2-34-26(32)21-13-15-22(16-14-21)29-27(33)28-18-19-31-24-11-7-6-10-23(24)30-25(31)17-12-20-8-4-3-5-9-20/h3-11,13-16H,2,12,17-19H2,1H3,(H2,28,29,33). The zero-order valence-electron chi connectivity index (χ0n) is 19.2. The van der Waals surface area contributed by atoms with Crippen LogP contribution in [0.1, 0.15) is 28.7 Å². The van der Waals surface area contributed by atoms with Crippen molar-refractivity contribution in [3.63, 3.8) is 0 Å². The number of carbonyl (C=O) groups excluding carboxylic acids is 2. The molecule has 174 valence electrons. The lowest BCUT2D eigenvalue weighted by Gasteiger charge is -2.12. The summed E-state index contributed by atoms with van der Waals surface area (Å²) in [5, 5.41) is 5.69. The van der Waals surface area contributed by atoms with Gasteiger partial charge in [-0.3, -0.25) is 0 Å². The Kier molecular flexibility index (Phi) is 7.55. The number of ether oxygens (including phenoxy) is 1. The number of anilines is 1. The highest BCUT2D eigenvalue weighted by molar-refractivity contribution is 5.92. The Bertz CT molecular complexity index is 1250. The average Bonchev–Trinajstić information content (AvgIpc) is 3.21. The number of amides is 2. The third kappa shape index (κ3) is 5.81. The van der Waals surface area contributed by atoms with Gasteiger partial charge in [-0.15, -0.1) is 0 Å². The van der Waals surface area contributed by atoms with Gasteiger partial charge in [-0.2, -0.15) is 0 Å². The molecule has 2 N–H and O–H groups in total. The highest BCUT2D eigenvalue weighted by atomic mass is 16.5. The highest BCUT2D eigenvalue weighted by Crippen LogP contribution is 2.17. The minimum absolute atomic E-state index is 0.306. The monoisotopic (exact) mass is 456 g/mol. The number of nitrogens with zero attached hydrogens (tertiary/aromatic N) is 2. The number of benzene rings is 3. The van der Waals surface area contributed by atoms with E-state index in [0.29, 0.717) is 30.9 Å². The van der Waals surface area contributed by atoms with Crippen LogP contribution in [0, 0.1) is 0 Å². The molecule has 0 spiro atoms. The molecule has 34 heavy (non-hydrogen) atoms. The fourth-order valence-electron chi connectivity index (χ4n) is 3.83. The molecule has 0 saturated carbocycles. The SMILES string of the molecule is CCOC(=O)c1ccc(NC(=O)NCCn2c(CCc3ccccc3)nc3ccccc32)cc1. The van der Waals surface area contributed by atoms with Crippen molar-refractivity contribution in [1.82, 2.24) is 14.9 Å². The predicted octanol–water partition coefficient (Wildman–Crippen LogP) is 4.82. The van der Waals surface area contributed by atoms with Gasteiger partial charge in [-0.1, -0.05) is 42.5 Å². The molecule has 0 unspecified atom stereocenters. The van der Waals surface area contributed by atoms with Crippen LogP contribution >= 0.6 is 0 Å². The number of aromatic nitrogens is 2. The highest BCUT2D eigenvalue weighted by Gasteiger charge is 2.11. The first-order chi connectivity index (χ1) is 16.6. The summed E-state index contributed by atoms with van der Waals surface area (Å²) in [4.78, 5) is 29.0. The Balaban J connectivity index is 1.35. The second-order valence-electron chi connectivity index (χ2n) is 7.83. The van der Waals surface area contributed by atoms with Gasteiger partial charge in [-0.25, -0.2) is 14.6 Å². The van der Waals surface area contributed by atoms with Gasteiger partial charge in [0.15, 0.2) is 0 Å². The molecule has 7 heteroatoms. The maximum atomic E-state index is 12.4. The quantitative estimate of drug-likeness (QED) is 0.354. The largest absolute Gasteiger partial charge is 0.462 e. The number of carbonyl (C=O) groups is 2. The molecule has 4 aromatic rings. The van der Waals surface area contributed by atoms with Gasteiger partial charge in [0.05, 0.1) is 23.2 Å². The van der Waals surface area contributed by atoms with E-state index in [4.69, 9.17) is 9.72 Å². The van der Waals surface area contributed by atoms with Crippen LogP contribution in [-0.2, 0) is 24.1 Å². The predicted molar refractivity (Wildman–Crippen MR) is 133 cm³/mol. The first-order valence-electron chi connectivity index (χ1n) is 11.4. The van der Waals surface area contributed by atoms with Gasteiger partial charge in [0.25, 0.3) is 0 Å². The summed E-state index contributed by atoms with van der Waals surface area (Å²) in [7, 11) is 0. The average molecular weight is 457 g/mol. The summed E-state index contributed by atoms with van der Waals surface area (Å²) in [6, 6.07) is 24.7. The van der Waals surface area contributed by atoms with E-state index >= 15 is 0 Å². The molecular weight excluding hydrogens is 428 g/mol. The number of imidazole rings is 1. The summed E-state index contributed by atoms with van der Waals surface area (Å²) in [6.45, 7) is 3.14. The molecule has 7 nitrogen and oxygen atoms in total. The Morgan fingerprint density at radius 3 is 2.41 bits per heavy atom. The molecule has 4 rings (SSSR count). The first-order valence-corrected chi connectivity index (χ1v) is 11.4. The van der Waals surface area contributed by atoms with Crippen molar-refractivity contribution >= 4 is 28.7 Å². The smallest absolute Gasteiger partial charge is 0.338 e. The number of para-hydroxylation sites is 2. The zero-order chi connectivity index (χ0) is 23.8. The van der Waals surface area contributed by atoms with E-state index in [9.17, 15) is 9.59 Å². The lowest BCUT2D eigenvalue weighted by molar-refractivity contribution is 0.0526. The van der Waals surface area contributed by atoms with Crippen LogP contribution in [0.5, 0.6) is 0 Å².